The van der Waals surface area contributed by atoms with Gasteiger partial charge in [0.2, 0.25) is 5.91 Å². The molecule has 2 aliphatic heterocycles. The number of hydrogen-bond donors (Lipinski definition) is 1. The SMILES string of the molecule is COc1ccc(N2CCN3c4ccc(C(F)(F)F)cc4C[C@H](C(=O)NC4CCCCC4)[C@@H]3C2)cc1. The van der Waals surface area contributed by atoms with Crippen molar-refractivity contribution in [3.8, 4) is 5.75 Å². The van der Waals surface area contributed by atoms with Crippen LogP contribution in [0.1, 0.15) is 43.2 Å². The standard InChI is InChI=1S/C27H32F3N3O2/c1-35-22-10-8-21(9-11-22)32-13-14-33-24-12-7-19(27(28,29)30)15-18(24)16-23(25(33)17-32)26(34)31-20-5-3-2-4-6-20/h7-12,15,20,23,25H,2-6,13-14,16-17H2,1H3,(H,31,34)/t23-,25-/m0/s1. The number of halogens is 3. The van der Waals surface area contributed by atoms with E-state index in [1.165, 1.54) is 12.5 Å². The summed E-state index contributed by atoms with van der Waals surface area (Å²) in [7, 11) is 1.63. The van der Waals surface area contributed by atoms with Crippen molar-refractivity contribution >= 4 is 17.3 Å². The topological polar surface area (TPSA) is 44.8 Å². The molecule has 3 aliphatic rings. The number of carbonyl (C=O) groups is 1. The summed E-state index contributed by atoms with van der Waals surface area (Å²) in [5, 5.41) is 3.24. The molecule has 1 aliphatic carbocycles. The molecule has 0 unspecified atom stereocenters. The average Bonchev–Trinajstić information content (AvgIpc) is 2.87. The predicted molar refractivity (Wildman–Crippen MR) is 130 cm³/mol. The number of nitrogens with zero attached hydrogens (tertiary/aromatic N) is 2. The highest BCUT2D eigenvalue weighted by Crippen LogP contribution is 2.40. The lowest BCUT2D eigenvalue weighted by Gasteiger charge is -2.50. The zero-order valence-corrected chi connectivity index (χ0v) is 20.0. The van der Waals surface area contributed by atoms with Crippen LogP contribution < -0.4 is 19.9 Å². The van der Waals surface area contributed by atoms with Crippen molar-refractivity contribution in [3.05, 3.63) is 53.6 Å². The first kappa shape index (κ1) is 23.8. The third-order valence-corrected chi connectivity index (χ3v) is 7.77. The summed E-state index contributed by atoms with van der Waals surface area (Å²) in [5.74, 6) is 0.338. The second-order valence-corrected chi connectivity index (χ2v) is 9.90. The molecule has 1 saturated carbocycles. The number of methoxy groups -OCH3 is 1. The van der Waals surface area contributed by atoms with Gasteiger partial charge in [-0.3, -0.25) is 4.79 Å². The lowest BCUT2D eigenvalue weighted by Crippen LogP contribution is -2.61. The molecule has 1 N–H and O–H groups in total. The molecule has 0 spiro atoms. The lowest BCUT2D eigenvalue weighted by atomic mass is 9.82. The van der Waals surface area contributed by atoms with Crippen LogP contribution in [0.4, 0.5) is 24.5 Å². The van der Waals surface area contributed by atoms with Crippen LogP contribution in [0.25, 0.3) is 0 Å². The molecule has 2 fully saturated rings. The summed E-state index contributed by atoms with van der Waals surface area (Å²) in [6, 6.07) is 11.9. The molecule has 2 atom stereocenters. The van der Waals surface area contributed by atoms with Crippen LogP contribution in [0, 0.1) is 5.92 Å². The zero-order chi connectivity index (χ0) is 24.6. The summed E-state index contributed by atoms with van der Waals surface area (Å²) in [6.45, 7) is 2.00. The van der Waals surface area contributed by atoms with Gasteiger partial charge < -0.3 is 19.9 Å². The molecule has 1 saturated heterocycles. The van der Waals surface area contributed by atoms with Gasteiger partial charge in [-0.2, -0.15) is 13.2 Å². The van der Waals surface area contributed by atoms with Gasteiger partial charge in [-0.15, -0.1) is 0 Å². The first-order chi connectivity index (χ1) is 16.8. The summed E-state index contributed by atoms with van der Waals surface area (Å²) < 4.78 is 45.6. The highest BCUT2D eigenvalue weighted by Gasteiger charge is 2.43. The van der Waals surface area contributed by atoms with E-state index in [9.17, 15) is 18.0 Å². The van der Waals surface area contributed by atoms with E-state index >= 15 is 0 Å². The van der Waals surface area contributed by atoms with E-state index in [0.29, 0.717) is 25.1 Å². The van der Waals surface area contributed by atoms with E-state index in [2.05, 4.69) is 15.1 Å². The number of benzene rings is 2. The van der Waals surface area contributed by atoms with Crippen LogP contribution in [-0.2, 0) is 17.4 Å². The normalized spacial score (nSPS) is 22.9. The van der Waals surface area contributed by atoms with E-state index < -0.39 is 17.7 Å². The third-order valence-electron chi connectivity index (χ3n) is 7.77. The fraction of sp³-hybridized carbons (Fsp3) is 0.519. The van der Waals surface area contributed by atoms with Gasteiger partial charge in [0.15, 0.2) is 0 Å². The van der Waals surface area contributed by atoms with Crippen molar-refractivity contribution in [1.29, 1.82) is 0 Å². The summed E-state index contributed by atoms with van der Waals surface area (Å²) in [5.41, 5.74) is 1.82. The number of ether oxygens (including phenoxy) is 1. The maximum absolute atomic E-state index is 13.5. The minimum atomic E-state index is -4.40. The number of piperazine rings is 1. The average molecular weight is 488 g/mol. The molecule has 0 aromatic heterocycles. The Hall–Kier alpha value is -2.90. The van der Waals surface area contributed by atoms with Crippen molar-refractivity contribution in [3.63, 3.8) is 0 Å². The summed E-state index contributed by atoms with van der Waals surface area (Å²) >= 11 is 0. The first-order valence-electron chi connectivity index (χ1n) is 12.5. The quantitative estimate of drug-likeness (QED) is 0.657. The van der Waals surface area contributed by atoms with Gasteiger partial charge in [-0.25, -0.2) is 0 Å². The molecular formula is C27H32F3N3O2. The van der Waals surface area contributed by atoms with Crippen LogP contribution in [0.15, 0.2) is 42.5 Å². The van der Waals surface area contributed by atoms with Crippen LogP contribution >= 0.6 is 0 Å². The molecule has 8 heteroatoms. The Morgan fingerprint density at radius 3 is 2.46 bits per heavy atom. The van der Waals surface area contributed by atoms with Gasteiger partial charge in [0, 0.05) is 37.1 Å². The monoisotopic (exact) mass is 487 g/mol. The van der Waals surface area contributed by atoms with E-state index in [4.69, 9.17) is 4.74 Å². The highest BCUT2D eigenvalue weighted by molar-refractivity contribution is 5.82. The van der Waals surface area contributed by atoms with Gasteiger partial charge in [-0.1, -0.05) is 19.3 Å². The molecule has 188 valence electrons. The van der Waals surface area contributed by atoms with Gasteiger partial charge in [0.05, 0.1) is 24.6 Å². The lowest BCUT2D eigenvalue weighted by molar-refractivity contribution is -0.137. The predicted octanol–water partition coefficient (Wildman–Crippen LogP) is 5.03. The van der Waals surface area contributed by atoms with Crippen LogP contribution in [0.2, 0.25) is 0 Å². The summed E-state index contributed by atoms with van der Waals surface area (Å²) in [4.78, 5) is 18.0. The Kier molecular flexibility index (Phi) is 6.55. The third kappa shape index (κ3) is 4.93. The molecule has 2 aromatic carbocycles. The highest BCUT2D eigenvalue weighted by atomic mass is 19.4. The maximum atomic E-state index is 13.5. The number of alkyl halides is 3. The zero-order valence-electron chi connectivity index (χ0n) is 20.0. The van der Waals surface area contributed by atoms with Gasteiger partial charge >= 0.3 is 6.18 Å². The fourth-order valence-electron chi connectivity index (χ4n) is 5.88. The second-order valence-electron chi connectivity index (χ2n) is 9.90. The molecule has 0 bridgehead atoms. The van der Waals surface area contributed by atoms with Crippen molar-refractivity contribution in [1.82, 2.24) is 5.32 Å². The number of hydrogen-bond acceptors (Lipinski definition) is 4. The fourth-order valence-corrected chi connectivity index (χ4v) is 5.88. The first-order valence-corrected chi connectivity index (χ1v) is 12.5. The molecule has 35 heavy (non-hydrogen) atoms. The minimum absolute atomic E-state index is 0.0356. The molecular weight excluding hydrogens is 455 g/mol. The number of fused-ring (bicyclic) bond motifs is 3. The molecule has 5 rings (SSSR count). The van der Waals surface area contributed by atoms with Gasteiger partial charge in [0.1, 0.15) is 5.75 Å². The number of carbonyl (C=O) groups excluding carboxylic acids is 1. The Morgan fingerprint density at radius 1 is 1.03 bits per heavy atom. The van der Waals surface area contributed by atoms with E-state index in [1.54, 1.807) is 13.2 Å². The van der Waals surface area contributed by atoms with Gasteiger partial charge in [-0.05, 0) is 67.3 Å². The van der Waals surface area contributed by atoms with Crippen LogP contribution in [0.5, 0.6) is 5.75 Å². The molecule has 1 amide bonds. The summed E-state index contributed by atoms with van der Waals surface area (Å²) in [6.07, 6.45) is 1.26. The van der Waals surface area contributed by atoms with E-state index in [-0.39, 0.29) is 18.0 Å². The number of nitrogens with one attached hydrogen (secondary N) is 1. The maximum Gasteiger partial charge on any atom is 0.416 e. The molecule has 2 aromatic rings. The Balaban J connectivity index is 1.44. The van der Waals surface area contributed by atoms with E-state index in [1.807, 2.05) is 24.3 Å². The van der Waals surface area contributed by atoms with Crippen molar-refractivity contribution in [2.24, 2.45) is 5.92 Å². The second kappa shape index (κ2) is 9.63. The Bertz CT molecular complexity index is 1050. The Labute approximate surface area is 204 Å². The van der Waals surface area contributed by atoms with Gasteiger partial charge in [0.25, 0.3) is 0 Å². The van der Waals surface area contributed by atoms with Crippen LogP contribution in [0.3, 0.4) is 0 Å². The van der Waals surface area contributed by atoms with Crippen molar-refractivity contribution in [2.75, 3.05) is 36.5 Å². The number of amides is 1. The smallest absolute Gasteiger partial charge is 0.416 e. The molecule has 2 heterocycles. The largest absolute Gasteiger partial charge is 0.497 e. The molecule has 0 radical (unpaired) electrons. The van der Waals surface area contributed by atoms with Crippen molar-refractivity contribution < 1.29 is 22.7 Å². The number of anilines is 2. The van der Waals surface area contributed by atoms with Crippen molar-refractivity contribution in [2.45, 2.75) is 56.8 Å². The minimum Gasteiger partial charge on any atom is -0.497 e. The van der Waals surface area contributed by atoms with Crippen LogP contribution in [-0.4, -0.2) is 44.7 Å². The Morgan fingerprint density at radius 2 is 1.77 bits per heavy atom. The van der Waals surface area contributed by atoms with E-state index in [0.717, 1.165) is 55.4 Å². The molecule has 5 nitrogen and oxygen atoms in total. The number of rotatable bonds is 4.